The van der Waals surface area contributed by atoms with Gasteiger partial charge in [0.2, 0.25) is 17.2 Å². The smallest absolute Gasteiger partial charge is 0.744 e. The Labute approximate surface area is 523 Å². The number of ketones is 2. The number of aromatic hydroxyl groups is 1. The van der Waals surface area contributed by atoms with E-state index in [0.29, 0.717) is 31.9 Å². The number of phenolic OH excluding ortho intramolecular Hbond substituents is 1. The molecule has 8 rings (SSSR count). The number of allylic oxidation sites excluding steroid dienone is 3. The van der Waals surface area contributed by atoms with Gasteiger partial charge in [-0.3, -0.25) is 29.8 Å². The number of carbonyl (C=O) groups excluding carboxylic acids is 2. The molecular weight excluding hydrogens is 1200 g/mol. The summed E-state index contributed by atoms with van der Waals surface area (Å²) in [7, 11) is -12.9. The van der Waals surface area contributed by atoms with Crippen molar-refractivity contribution >= 4 is 105 Å². The normalized spacial score (nSPS) is 14.0. The number of nitrogen functional groups attached to an aromatic ring is 1. The Morgan fingerprint density at radius 1 is 0.651 bits per heavy atom. The zero-order valence-electron chi connectivity index (χ0n) is 43.9. The van der Waals surface area contributed by atoms with Gasteiger partial charge in [-0.05, 0) is 60.1 Å². The third-order valence-electron chi connectivity index (χ3n) is 10.5. The van der Waals surface area contributed by atoms with Crippen molar-refractivity contribution < 1.29 is 122 Å². The summed E-state index contributed by atoms with van der Waals surface area (Å²) >= 11 is 5.89. The number of nitrogens with zero attached hydrogens (tertiary/aromatic N) is 5. The number of fused-ring (bicyclic) bond motifs is 2. The molecule has 0 saturated carbocycles. The summed E-state index contributed by atoms with van der Waals surface area (Å²) < 4.78 is 90.5. The van der Waals surface area contributed by atoms with Gasteiger partial charge < -0.3 is 64.1 Å². The molecular formula is C46H50ClN15Na2O16S3. The number of phenols is 1. The molecule has 31 nitrogen and oxygen atoms in total. The van der Waals surface area contributed by atoms with Crippen molar-refractivity contribution in [1.29, 1.82) is 0 Å². The van der Waals surface area contributed by atoms with E-state index in [4.69, 9.17) is 45.4 Å². The summed E-state index contributed by atoms with van der Waals surface area (Å²) in [6.45, 7) is 1.83. The van der Waals surface area contributed by atoms with Crippen LogP contribution < -0.4 is 115 Å². The molecule has 1 aromatic heterocycles. The monoisotopic (exact) mass is 1250 g/mol. The van der Waals surface area contributed by atoms with Crippen molar-refractivity contribution in [3.8, 4) is 5.75 Å². The number of nitro groups is 2. The fraction of sp³-hybridized carbons (Fsp3) is 0.152. The van der Waals surface area contributed by atoms with Crippen molar-refractivity contribution in [2.24, 2.45) is 40.7 Å². The summed E-state index contributed by atoms with van der Waals surface area (Å²) in [5, 5.41) is 41.4. The Bertz CT molecular complexity index is 3710. The number of nitrogens with two attached hydrogens (primary N) is 6. The second-order valence-corrected chi connectivity index (χ2v) is 20.8. The summed E-state index contributed by atoms with van der Waals surface area (Å²) in [6, 6.07) is 29.3. The molecule has 432 valence electrons. The van der Waals surface area contributed by atoms with E-state index in [2.05, 4.69) is 46.4 Å². The molecule has 6 aromatic rings. The van der Waals surface area contributed by atoms with Crippen molar-refractivity contribution in [2.45, 2.75) is 4.90 Å². The molecule has 5 aromatic carbocycles. The number of anilines is 7. The summed E-state index contributed by atoms with van der Waals surface area (Å²) in [5.74, 6) is 1.09. The molecule has 83 heavy (non-hydrogen) atoms. The maximum atomic E-state index is 12.6. The number of Topliss-reactive ketones (excluding diaryl/α,β-unsaturated/α-hetero) is 2. The first-order valence-corrected chi connectivity index (χ1v) is 27.6. The predicted molar refractivity (Wildman–Crippen MR) is 295 cm³/mol. The Morgan fingerprint density at radius 2 is 1.17 bits per heavy atom. The molecule has 37 heteroatoms. The zero-order chi connectivity index (χ0) is 60.4. The average molecular weight is 1250 g/mol. The van der Waals surface area contributed by atoms with Gasteiger partial charge >= 0.3 is 59.1 Å². The molecule has 2 aliphatic carbocycles. The topological polar surface area (TPSA) is 541 Å². The molecule has 0 fully saturated rings. The third kappa shape index (κ3) is 21.6. The number of nitrogens with one attached hydrogen (secondary N) is 4. The Hall–Kier alpha value is -6.97. The first kappa shape index (κ1) is 72.1. The number of halogens is 1. The molecule has 0 amide bonds. The Morgan fingerprint density at radius 3 is 1.70 bits per heavy atom. The largest absolute Gasteiger partial charge is 1.00 e. The van der Waals surface area contributed by atoms with Crippen molar-refractivity contribution in [1.82, 2.24) is 15.0 Å². The van der Waals surface area contributed by atoms with Gasteiger partial charge in [0.05, 0.1) is 43.4 Å². The van der Waals surface area contributed by atoms with Crippen LogP contribution in [0, 0.1) is 32.1 Å². The molecule has 0 radical (unpaired) electrons. The molecule has 1 heterocycles. The molecule has 0 saturated heterocycles. The molecule has 2 aliphatic rings. The number of aromatic nitrogens is 3. The van der Waals surface area contributed by atoms with E-state index >= 15 is 0 Å². The molecule has 0 spiro atoms. The van der Waals surface area contributed by atoms with Crippen LogP contribution in [0.15, 0.2) is 143 Å². The van der Waals surface area contributed by atoms with Crippen LogP contribution in [0.1, 0.15) is 20.7 Å². The van der Waals surface area contributed by atoms with Crippen molar-refractivity contribution in [2.75, 3.05) is 59.4 Å². The fourth-order valence-corrected chi connectivity index (χ4v) is 8.48. The van der Waals surface area contributed by atoms with Crippen molar-refractivity contribution in [3.63, 3.8) is 0 Å². The van der Waals surface area contributed by atoms with E-state index < -0.39 is 79.1 Å². The van der Waals surface area contributed by atoms with Crippen LogP contribution in [0.5, 0.6) is 5.75 Å². The van der Waals surface area contributed by atoms with Gasteiger partial charge in [-0.1, -0.05) is 54.6 Å². The first-order valence-electron chi connectivity index (χ1n) is 22.6. The van der Waals surface area contributed by atoms with E-state index in [1.807, 2.05) is 30.3 Å². The quantitative estimate of drug-likeness (QED) is 0.0159. The number of carbonyl (C=O) groups is 2. The second kappa shape index (κ2) is 32.8. The van der Waals surface area contributed by atoms with E-state index in [-0.39, 0.29) is 127 Å². The van der Waals surface area contributed by atoms with Crippen LogP contribution in [0.3, 0.4) is 0 Å². The molecule has 2 atom stereocenters. The SMILES string of the molecule is CS(=O)(=O)ON.NC1=CC(S(=O)(=O)[O-])=C(N)C2C(=O)c3ccccc3C(=O)C12.NCCNc1cc(O)ccc1[N+](=O)[O-].NCCNc1ccc(N)c([N+](=O)[O-])c1.O=S(=O)([O-])c1ccccc1Nc1nc(Cl)nc(Nc2ccccc2)n1.[Na+].[Na+]. The number of para-hydroxylation sites is 2. The molecule has 0 aliphatic heterocycles. The Kier molecular flexibility index (Phi) is 28.5. The molecule has 0 bridgehead atoms. The van der Waals surface area contributed by atoms with Gasteiger partial charge in [0, 0.05) is 78.3 Å². The van der Waals surface area contributed by atoms with E-state index in [0.717, 1.165) is 18.0 Å². The standard InChI is InChI=1S/C15H12ClN5O3S.C14H12N2O5S.C8H12N4O2.C8H11N3O3.CH5NO3S.2Na/c16-13-19-14(17-10-6-2-1-3-7-10)21-15(20-13)18-11-8-4-5-9-12(11)25(22,23)24;15-8-5-9(22(19,20)21)12(16)11-10(8)13(17)6-3-1-2-4-7(6)14(11)18;9-3-4-11-6-1-2-7(10)8(5-6)12(13)14;9-3-4-10-7-5-6(12)1-2-8(7)11(13)14;1-6(3,4)5-2;;/h1-9H,(H,22,23,24)(H2,17,18,19,20,21);1-5,10-11H,15-16H2,(H,19,20,21);1-2,5,11H,3-4,9-10H2;1-2,5,10,12H,3-4,9H2;2H2,1H3;;/q;;;;;2*+1/p-2. The first-order chi connectivity index (χ1) is 38.0. The summed E-state index contributed by atoms with van der Waals surface area (Å²) in [4.78, 5) is 56.0. The van der Waals surface area contributed by atoms with Crippen LogP contribution in [0.4, 0.5) is 51.7 Å². The maximum absolute atomic E-state index is 12.6. The number of nitro benzene ring substituents is 2. The summed E-state index contributed by atoms with van der Waals surface area (Å²) in [5.41, 5.74) is 28.9. The van der Waals surface area contributed by atoms with Gasteiger partial charge in [0.15, 0.2) is 11.6 Å². The minimum absolute atomic E-state index is 0. The van der Waals surface area contributed by atoms with Gasteiger partial charge in [0.25, 0.3) is 21.5 Å². The second-order valence-electron chi connectivity index (χ2n) is 16.2. The number of hydrogen-bond acceptors (Lipinski definition) is 29. The third-order valence-corrected chi connectivity index (χ3v) is 12.8. The van der Waals surface area contributed by atoms with Gasteiger partial charge in [-0.2, -0.15) is 33.6 Å². The number of benzene rings is 5. The fourth-order valence-electron chi connectivity index (χ4n) is 6.99. The summed E-state index contributed by atoms with van der Waals surface area (Å²) in [6.07, 6.45) is 1.74. The van der Waals surface area contributed by atoms with E-state index in [9.17, 15) is 64.2 Å². The van der Waals surface area contributed by atoms with Crippen LogP contribution in [0.2, 0.25) is 5.28 Å². The molecule has 2 unspecified atom stereocenters. The van der Waals surface area contributed by atoms with Crippen LogP contribution in [-0.4, -0.2) is 108 Å². The van der Waals surface area contributed by atoms with Crippen molar-refractivity contribution in [3.05, 3.63) is 174 Å². The van der Waals surface area contributed by atoms with Gasteiger partial charge in [-0.15, -0.1) is 0 Å². The van der Waals surface area contributed by atoms with Gasteiger partial charge in [-0.25, -0.2) is 16.8 Å². The van der Waals surface area contributed by atoms with Gasteiger partial charge in [0.1, 0.15) is 37.4 Å². The minimum Gasteiger partial charge on any atom is -0.744 e. The average Bonchev–Trinajstić information content (AvgIpc) is 3.54. The predicted octanol–water partition coefficient (Wildman–Crippen LogP) is -3.15. The van der Waals surface area contributed by atoms with Crippen LogP contribution >= 0.6 is 11.6 Å². The zero-order valence-corrected chi connectivity index (χ0v) is 51.1. The van der Waals surface area contributed by atoms with Crippen LogP contribution in [-0.2, 0) is 34.6 Å². The van der Waals surface area contributed by atoms with E-state index in [1.54, 1.807) is 24.3 Å². The minimum atomic E-state index is -4.89. The van der Waals surface area contributed by atoms with Crippen LogP contribution in [0.25, 0.3) is 0 Å². The number of hydrogen-bond donors (Lipinski definition) is 11. The van der Waals surface area contributed by atoms with E-state index in [1.165, 1.54) is 60.7 Å². The maximum Gasteiger partial charge on any atom is 1.00 e. The Balaban J connectivity index is 0.000000372. The molecule has 17 N–H and O–H groups in total. The number of rotatable bonds is 15.